The first-order valence-corrected chi connectivity index (χ1v) is 7.15. The SMILES string of the molecule is CC(C)CC(C)(CN)NC(=O)c1ccc2c(c1)COC2. The quantitative estimate of drug-likeness (QED) is 0.866. The highest BCUT2D eigenvalue weighted by Gasteiger charge is 2.26. The lowest BCUT2D eigenvalue weighted by atomic mass is 9.90. The van der Waals surface area contributed by atoms with Crippen LogP contribution in [0.4, 0.5) is 0 Å². The maximum Gasteiger partial charge on any atom is 0.251 e. The van der Waals surface area contributed by atoms with E-state index in [1.165, 1.54) is 5.56 Å². The summed E-state index contributed by atoms with van der Waals surface area (Å²) < 4.78 is 5.37. The average Bonchev–Trinajstić information content (AvgIpc) is 2.84. The van der Waals surface area contributed by atoms with Crippen LogP contribution in [-0.2, 0) is 18.0 Å². The van der Waals surface area contributed by atoms with Gasteiger partial charge in [-0.25, -0.2) is 0 Å². The van der Waals surface area contributed by atoms with Crippen LogP contribution >= 0.6 is 0 Å². The van der Waals surface area contributed by atoms with E-state index >= 15 is 0 Å². The second kappa shape index (κ2) is 5.94. The Kier molecular flexibility index (Phi) is 4.45. The highest BCUT2D eigenvalue weighted by Crippen LogP contribution is 2.22. The summed E-state index contributed by atoms with van der Waals surface area (Å²) in [4.78, 5) is 12.4. The molecule has 3 N–H and O–H groups in total. The number of amides is 1. The Balaban J connectivity index is 2.11. The molecule has 1 aromatic rings. The van der Waals surface area contributed by atoms with Gasteiger partial charge in [0.2, 0.25) is 0 Å². The van der Waals surface area contributed by atoms with E-state index in [1.807, 2.05) is 25.1 Å². The lowest BCUT2D eigenvalue weighted by Crippen LogP contribution is -2.52. The number of fused-ring (bicyclic) bond motifs is 1. The Morgan fingerprint density at radius 3 is 2.75 bits per heavy atom. The summed E-state index contributed by atoms with van der Waals surface area (Å²) in [6.45, 7) is 7.94. The summed E-state index contributed by atoms with van der Waals surface area (Å²) in [7, 11) is 0. The van der Waals surface area contributed by atoms with E-state index < -0.39 is 0 Å². The number of hydrogen-bond acceptors (Lipinski definition) is 3. The molecule has 0 fully saturated rings. The van der Waals surface area contributed by atoms with Crippen LogP contribution in [0.2, 0.25) is 0 Å². The molecule has 0 saturated heterocycles. The third-order valence-corrected chi connectivity index (χ3v) is 3.71. The molecule has 1 heterocycles. The van der Waals surface area contributed by atoms with Crippen molar-refractivity contribution in [3.05, 3.63) is 34.9 Å². The molecule has 0 bridgehead atoms. The van der Waals surface area contributed by atoms with Gasteiger partial charge < -0.3 is 15.8 Å². The molecule has 0 radical (unpaired) electrons. The minimum absolute atomic E-state index is 0.0618. The van der Waals surface area contributed by atoms with Crippen LogP contribution in [0.3, 0.4) is 0 Å². The van der Waals surface area contributed by atoms with Crippen LogP contribution < -0.4 is 11.1 Å². The maximum absolute atomic E-state index is 12.4. The molecule has 1 amide bonds. The zero-order valence-corrected chi connectivity index (χ0v) is 12.5. The van der Waals surface area contributed by atoms with Crippen LogP contribution in [0.25, 0.3) is 0 Å². The predicted octanol–water partition coefficient (Wildman–Crippen LogP) is 2.21. The molecule has 0 spiro atoms. The Bertz CT molecular complexity index is 499. The van der Waals surface area contributed by atoms with Crippen LogP contribution in [0.5, 0.6) is 0 Å². The van der Waals surface area contributed by atoms with Gasteiger partial charge in [0.15, 0.2) is 0 Å². The molecule has 0 aromatic heterocycles. The van der Waals surface area contributed by atoms with Crippen LogP contribution in [0, 0.1) is 5.92 Å². The molecular weight excluding hydrogens is 252 g/mol. The van der Waals surface area contributed by atoms with Gasteiger partial charge in [-0.2, -0.15) is 0 Å². The number of nitrogens with two attached hydrogens (primary N) is 1. The van der Waals surface area contributed by atoms with Gasteiger partial charge in [0, 0.05) is 17.6 Å². The van der Waals surface area contributed by atoms with E-state index in [9.17, 15) is 4.79 Å². The predicted molar refractivity (Wildman–Crippen MR) is 79.3 cm³/mol. The van der Waals surface area contributed by atoms with Crippen LogP contribution in [0.1, 0.15) is 48.7 Å². The second-order valence-electron chi connectivity index (χ2n) is 6.29. The zero-order chi connectivity index (χ0) is 14.8. The summed E-state index contributed by atoms with van der Waals surface area (Å²) >= 11 is 0. The molecule has 1 atom stereocenters. The largest absolute Gasteiger partial charge is 0.372 e. The number of benzene rings is 1. The molecule has 1 unspecified atom stereocenters. The zero-order valence-electron chi connectivity index (χ0n) is 12.5. The van der Waals surface area contributed by atoms with Crippen molar-refractivity contribution in [1.82, 2.24) is 5.32 Å². The van der Waals surface area contributed by atoms with E-state index in [2.05, 4.69) is 19.2 Å². The van der Waals surface area contributed by atoms with Crippen molar-refractivity contribution in [2.75, 3.05) is 6.54 Å². The molecule has 1 aromatic carbocycles. The average molecular weight is 276 g/mol. The fourth-order valence-electron chi connectivity index (χ4n) is 2.75. The normalized spacial score (nSPS) is 16.9. The lowest BCUT2D eigenvalue weighted by molar-refractivity contribution is 0.0898. The molecule has 2 rings (SSSR count). The number of hydrogen-bond donors (Lipinski definition) is 2. The fourth-order valence-corrected chi connectivity index (χ4v) is 2.75. The molecule has 1 aliphatic heterocycles. The first-order valence-electron chi connectivity index (χ1n) is 7.15. The van der Waals surface area contributed by atoms with Crippen molar-refractivity contribution in [2.24, 2.45) is 11.7 Å². The van der Waals surface area contributed by atoms with Gasteiger partial charge in [0.1, 0.15) is 0 Å². The van der Waals surface area contributed by atoms with Gasteiger partial charge in [-0.1, -0.05) is 19.9 Å². The fraction of sp³-hybridized carbons (Fsp3) is 0.562. The monoisotopic (exact) mass is 276 g/mol. The summed E-state index contributed by atoms with van der Waals surface area (Å²) in [6, 6.07) is 5.75. The molecule has 4 nitrogen and oxygen atoms in total. The van der Waals surface area contributed by atoms with Gasteiger partial charge in [-0.15, -0.1) is 0 Å². The summed E-state index contributed by atoms with van der Waals surface area (Å²) in [5.41, 5.74) is 8.43. The third kappa shape index (κ3) is 3.38. The van der Waals surface area contributed by atoms with Crippen molar-refractivity contribution < 1.29 is 9.53 Å². The molecular formula is C16H24N2O2. The van der Waals surface area contributed by atoms with Crippen molar-refractivity contribution in [3.63, 3.8) is 0 Å². The second-order valence-corrected chi connectivity index (χ2v) is 6.29. The van der Waals surface area contributed by atoms with Gasteiger partial charge >= 0.3 is 0 Å². The standard InChI is InChI=1S/C16H24N2O2/c1-11(2)7-16(3,10-17)18-15(19)12-4-5-13-8-20-9-14(13)6-12/h4-6,11H,7-10,17H2,1-3H3,(H,18,19). The van der Waals surface area contributed by atoms with Gasteiger partial charge in [0.05, 0.1) is 13.2 Å². The molecule has 1 aliphatic rings. The van der Waals surface area contributed by atoms with Gasteiger partial charge in [-0.3, -0.25) is 4.79 Å². The first kappa shape index (κ1) is 15.0. The van der Waals surface area contributed by atoms with E-state index in [1.54, 1.807) is 0 Å². The smallest absolute Gasteiger partial charge is 0.251 e. The van der Waals surface area contributed by atoms with Crippen LogP contribution in [-0.4, -0.2) is 18.0 Å². The number of ether oxygens (including phenoxy) is 1. The Labute approximate surface area is 120 Å². The number of rotatable bonds is 5. The van der Waals surface area contributed by atoms with E-state index in [0.29, 0.717) is 31.2 Å². The summed E-state index contributed by atoms with van der Waals surface area (Å²) in [5, 5.41) is 3.08. The number of carbonyl (C=O) groups is 1. The number of nitrogens with one attached hydrogen (secondary N) is 1. The third-order valence-electron chi connectivity index (χ3n) is 3.71. The molecule has 20 heavy (non-hydrogen) atoms. The van der Waals surface area contributed by atoms with Crippen LogP contribution in [0.15, 0.2) is 18.2 Å². The van der Waals surface area contributed by atoms with E-state index in [-0.39, 0.29) is 11.4 Å². The molecule has 0 saturated carbocycles. The van der Waals surface area contributed by atoms with Crippen molar-refractivity contribution >= 4 is 5.91 Å². The molecule has 4 heteroatoms. The first-order chi connectivity index (χ1) is 9.43. The highest BCUT2D eigenvalue weighted by molar-refractivity contribution is 5.95. The van der Waals surface area contributed by atoms with Gasteiger partial charge in [0.25, 0.3) is 5.91 Å². The minimum atomic E-state index is -0.360. The summed E-state index contributed by atoms with van der Waals surface area (Å²) in [6.07, 6.45) is 0.864. The number of carbonyl (C=O) groups excluding carboxylic acids is 1. The Morgan fingerprint density at radius 1 is 1.40 bits per heavy atom. The molecule has 110 valence electrons. The van der Waals surface area contributed by atoms with Crippen molar-refractivity contribution in [1.29, 1.82) is 0 Å². The minimum Gasteiger partial charge on any atom is -0.372 e. The van der Waals surface area contributed by atoms with Crippen molar-refractivity contribution in [3.8, 4) is 0 Å². The maximum atomic E-state index is 12.4. The Hall–Kier alpha value is -1.39. The van der Waals surface area contributed by atoms with E-state index in [0.717, 1.165) is 12.0 Å². The lowest BCUT2D eigenvalue weighted by Gasteiger charge is -2.31. The van der Waals surface area contributed by atoms with E-state index in [4.69, 9.17) is 10.5 Å². The van der Waals surface area contributed by atoms with Gasteiger partial charge in [-0.05, 0) is 42.5 Å². The summed E-state index contributed by atoms with van der Waals surface area (Å²) in [5.74, 6) is 0.422. The molecule has 0 aliphatic carbocycles. The topological polar surface area (TPSA) is 64.3 Å². The Morgan fingerprint density at radius 2 is 2.10 bits per heavy atom. The van der Waals surface area contributed by atoms with Crippen molar-refractivity contribution in [2.45, 2.75) is 45.9 Å². The highest BCUT2D eigenvalue weighted by atomic mass is 16.5.